The molecule has 0 spiro atoms. The zero-order valence-corrected chi connectivity index (χ0v) is 26.3. The Bertz CT molecular complexity index is 1020. The van der Waals surface area contributed by atoms with E-state index in [4.69, 9.17) is 29.2 Å². The highest BCUT2D eigenvalue weighted by Crippen LogP contribution is 2.14. The number of rotatable bonds is 25. The molecule has 1 N–H and O–H groups in total. The first kappa shape index (κ1) is 37.9. The van der Waals surface area contributed by atoms with E-state index < -0.39 is 6.23 Å². The van der Waals surface area contributed by atoms with Crippen LogP contribution in [0, 0.1) is 23.7 Å². The minimum Gasteiger partial charge on any atom is -0.491 e. The van der Waals surface area contributed by atoms with Crippen LogP contribution in [0.3, 0.4) is 0 Å². The number of carbonyl (C=O) groups excluding carboxylic acids is 2. The third kappa shape index (κ3) is 22.1. The van der Waals surface area contributed by atoms with Gasteiger partial charge in [-0.25, -0.2) is 0 Å². The second-order valence-corrected chi connectivity index (χ2v) is 10.7. The van der Waals surface area contributed by atoms with E-state index in [1.54, 1.807) is 24.3 Å². The van der Waals surface area contributed by atoms with E-state index in [2.05, 4.69) is 41.0 Å². The summed E-state index contributed by atoms with van der Waals surface area (Å²) >= 11 is 0. The lowest BCUT2D eigenvalue weighted by atomic mass is 10.1. The Morgan fingerprint density at radius 3 is 2.35 bits per heavy atom. The predicted octanol–water partition coefficient (Wildman–Crippen LogP) is 5.72. The first-order valence-electron chi connectivity index (χ1n) is 15.2. The fourth-order valence-corrected chi connectivity index (χ4v) is 3.68. The second-order valence-electron chi connectivity index (χ2n) is 10.7. The number of ether oxygens (including phenoxy) is 5. The van der Waals surface area contributed by atoms with E-state index >= 15 is 0 Å². The van der Waals surface area contributed by atoms with E-state index in [0.717, 1.165) is 12.8 Å². The molecular formula is C32H50N4O7. The van der Waals surface area contributed by atoms with Gasteiger partial charge in [-0.3, -0.25) is 9.59 Å². The molecule has 0 fully saturated rings. The van der Waals surface area contributed by atoms with Gasteiger partial charge in [-0.15, -0.1) is 0 Å². The largest absolute Gasteiger partial charge is 0.491 e. The van der Waals surface area contributed by atoms with Gasteiger partial charge in [-0.2, -0.15) is 0 Å². The monoisotopic (exact) mass is 602 g/mol. The summed E-state index contributed by atoms with van der Waals surface area (Å²) in [4.78, 5) is 27.1. The number of nitrogens with one attached hydrogen (secondary N) is 1. The van der Waals surface area contributed by atoms with Crippen molar-refractivity contribution >= 4 is 11.7 Å². The van der Waals surface area contributed by atoms with Crippen molar-refractivity contribution in [3.8, 4) is 17.6 Å². The predicted molar refractivity (Wildman–Crippen MR) is 166 cm³/mol. The summed E-state index contributed by atoms with van der Waals surface area (Å²) in [7, 11) is 0. The van der Waals surface area contributed by atoms with Crippen LogP contribution in [0.15, 0.2) is 29.4 Å². The second kappa shape index (κ2) is 25.4. The molecule has 0 aliphatic carbocycles. The molecule has 0 radical (unpaired) electrons. The molecule has 11 nitrogen and oxygen atoms in total. The third-order valence-corrected chi connectivity index (χ3v) is 5.88. The Balaban J connectivity index is 2.11. The summed E-state index contributed by atoms with van der Waals surface area (Å²) in [5.41, 5.74) is 9.35. The molecule has 1 aromatic carbocycles. The Kier molecular flexibility index (Phi) is 22.4. The van der Waals surface area contributed by atoms with Crippen molar-refractivity contribution in [3.63, 3.8) is 0 Å². The van der Waals surface area contributed by atoms with Gasteiger partial charge in [0.25, 0.3) is 5.91 Å². The first-order chi connectivity index (χ1) is 20.8. The number of amides is 1. The standard InChI is InChI=1S/C32H50N4O7/c1-26(2)10-6-16-34-32(38)28-12-5-15-30(24-28)43-25-31(35-36-33)42-23-22-41-21-20-40-19-9-14-29(37)13-8-18-39-17-7-11-27(3)4/h5,12,15,24,26-27,31H,6,8-10,13-14,16-23,25H2,1-4H3,(H,34,38). The van der Waals surface area contributed by atoms with Crippen LogP contribution < -0.4 is 10.1 Å². The van der Waals surface area contributed by atoms with E-state index in [0.29, 0.717) is 88.4 Å². The number of hydrogen-bond acceptors (Lipinski definition) is 8. The van der Waals surface area contributed by atoms with Gasteiger partial charge in [0.1, 0.15) is 24.7 Å². The molecule has 0 heterocycles. The molecule has 1 rings (SSSR count). The highest BCUT2D eigenvalue weighted by molar-refractivity contribution is 5.94. The molecular weight excluding hydrogens is 552 g/mol. The van der Waals surface area contributed by atoms with Crippen LogP contribution in [0.25, 0.3) is 10.4 Å². The Morgan fingerprint density at radius 2 is 1.65 bits per heavy atom. The normalized spacial score (nSPS) is 11.5. The highest BCUT2D eigenvalue weighted by atomic mass is 16.6. The lowest BCUT2D eigenvalue weighted by Crippen LogP contribution is -2.25. The van der Waals surface area contributed by atoms with E-state index in [1.807, 2.05) is 13.8 Å². The minimum atomic E-state index is -0.846. The number of Topliss-reactive ketones (excluding diaryl/α,β-unsaturated/α-hetero) is 1. The van der Waals surface area contributed by atoms with Crippen LogP contribution >= 0.6 is 0 Å². The van der Waals surface area contributed by atoms with Crippen LogP contribution in [0.4, 0.5) is 0 Å². The molecule has 1 atom stereocenters. The fourth-order valence-electron chi connectivity index (χ4n) is 3.68. The van der Waals surface area contributed by atoms with Crippen molar-refractivity contribution in [2.75, 3.05) is 59.4 Å². The fraction of sp³-hybridized carbons (Fsp3) is 0.688. The zero-order valence-electron chi connectivity index (χ0n) is 26.3. The summed E-state index contributed by atoms with van der Waals surface area (Å²) < 4.78 is 27.7. The molecule has 0 bridgehead atoms. The summed E-state index contributed by atoms with van der Waals surface area (Å²) in [5.74, 6) is 7.44. The number of benzene rings is 1. The van der Waals surface area contributed by atoms with Crippen LogP contribution in [-0.2, 0) is 23.7 Å². The van der Waals surface area contributed by atoms with E-state index in [9.17, 15) is 9.59 Å². The maximum atomic E-state index is 12.4. The quantitative estimate of drug-likeness (QED) is 0.0496. The Morgan fingerprint density at radius 1 is 0.953 bits per heavy atom. The average molecular weight is 603 g/mol. The summed E-state index contributed by atoms with van der Waals surface area (Å²) in [5, 5.41) is 6.53. The van der Waals surface area contributed by atoms with Crippen molar-refractivity contribution in [2.24, 2.45) is 17.0 Å². The molecule has 11 heteroatoms. The van der Waals surface area contributed by atoms with E-state index in [-0.39, 0.29) is 31.5 Å². The average Bonchev–Trinajstić information content (AvgIpc) is 2.98. The number of ketones is 1. The van der Waals surface area contributed by atoms with Gasteiger partial charge >= 0.3 is 0 Å². The van der Waals surface area contributed by atoms with E-state index in [1.165, 1.54) is 0 Å². The highest BCUT2D eigenvalue weighted by Gasteiger charge is 2.11. The molecule has 43 heavy (non-hydrogen) atoms. The van der Waals surface area contributed by atoms with Gasteiger partial charge in [-0.05, 0) is 55.3 Å². The number of nitrogens with zero attached hydrogens (tertiary/aromatic N) is 3. The Labute approximate surface area is 256 Å². The van der Waals surface area contributed by atoms with Crippen molar-refractivity contribution in [3.05, 3.63) is 40.3 Å². The molecule has 1 amide bonds. The van der Waals surface area contributed by atoms with Gasteiger partial charge in [-0.1, -0.05) is 50.7 Å². The van der Waals surface area contributed by atoms with Crippen LogP contribution in [0.1, 0.15) is 76.6 Å². The van der Waals surface area contributed by atoms with Crippen molar-refractivity contribution in [1.82, 2.24) is 5.32 Å². The SMILES string of the molecule is CC(C)C#CCOCCCC(=O)CCCOCCOCCOC(COc1cccc(C(=O)NCCCC(C)C)c1)N=[N+]=[N-]. The van der Waals surface area contributed by atoms with Crippen LogP contribution in [0.2, 0.25) is 0 Å². The van der Waals surface area contributed by atoms with Gasteiger partial charge in [0.2, 0.25) is 0 Å². The van der Waals surface area contributed by atoms with Gasteiger partial charge < -0.3 is 29.0 Å². The van der Waals surface area contributed by atoms with Crippen molar-refractivity contribution in [2.45, 2.75) is 72.4 Å². The summed E-state index contributed by atoms with van der Waals surface area (Å²) in [6, 6.07) is 6.82. The summed E-state index contributed by atoms with van der Waals surface area (Å²) in [6.07, 6.45) is 3.50. The summed E-state index contributed by atoms with van der Waals surface area (Å²) in [6.45, 7) is 11.7. The smallest absolute Gasteiger partial charge is 0.251 e. The molecule has 1 unspecified atom stereocenters. The third-order valence-electron chi connectivity index (χ3n) is 5.88. The van der Waals surface area contributed by atoms with Crippen LogP contribution in [0.5, 0.6) is 5.75 Å². The van der Waals surface area contributed by atoms with Crippen LogP contribution in [-0.4, -0.2) is 77.3 Å². The lowest BCUT2D eigenvalue weighted by molar-refractivity contribution is -0.119. The molecule has 0 saturated heterocycles. The number of carbonyl (C=O) groups is 2. The number of hydrogen-bond donors (Lipinski definition) is 1. The zero-order chi connectivity index (χ0) is 31.5. The first-order valence-corrected chi connectivity index (χ1v) is 15.2. The maximum Gasteiger partial charge on any atom is 0.251 e. The number of azide groups is 1. The molecule has 240 valence electrons. The van der Waals surface area contributed by atoms with Crippen molar-refractivity contribution < 1.29 is 33.3 Å². The van der Waals surface area contributed by atoms with Gasteiger partial charge in [0.15, 0.2) is 6.23 Å². The van der Waals surface area contributed by atoms with Gasteiger partial charge in [0, 0.05) is 49.0 Å². The van der Waals surface area contributed by atoms with Crippen molar-refractivity contribution in [1.29, 1.82) is 0 Å². The molecule has 1 aromatic rings. The van der Waals surface area contributed by atoms with Gasteiger partial charge in [0.05, 0.1) is 26.4 Å². The molecule has 0 aliphatic heterocycles. The molecule has 0 saturated carbocycles. The molecule has 0 aromatic heterocycles. The molecule has 0 aliphatic rings. The maximum absolute atomic E-state index is 12.4. The Hall–Kier alpha value is -3.13. The minimum absolute atomic E-state index is 0.00857. The lowest BCUT2D eigenvalue weighted by Gasteiger charge is -2.15. The topological polar surface area (TPSA) is 141 Å².